The number of aryl methyl sites for hydroxylation is 1. The van der Waals surface area contributed by atoms with Crippen LogP contribution in [0.15, 0.2) is 77.7 Å². The van der Waals surface area contributed by atoms with Crippen molar-refractivity contribution in [2.75, 3.05) is 11.9 Å². The first-order valence-corrected chi connectivity index (χ1v) is 10.4. The zero-order valence-corrected chi connectivity index (χ0v) is 16.9. The first kappa shape index (κ1) is 20.4. The molecule has 3 aromatic rings. The summed E-state index contributed by atoms with van der Waals surface area (Å²) in [4.78, 5) is 12.4. The molecule has 1 amide bonds. The van der Waals surface area contributed by atoms with Gasteiger partial charge in [0.15, 0.2) is 11.5 Å². The van der Waals surface area contributed by atoms with Crippen LogP contribution in [0.5, 0.6) is 11.5 Å². The van der Waals surface area contributed by atoms with Crippen LogP contribution in [0.1, 0.15) is 22.8 Å². The number of carbonyl (C=O) groups excluding carboxylic acids is 1. The largest absolute Gasteiger partial charge is 0.490 e. The highest BCUT2D eigenvalue weighted by Gasteiger charge is 2.20. The van der Waals surface area contributed by atoms with Crippen molar-refractivity contribution in [1.29, 1.82) is 0 Å². The lowest BCUT2D eigenvalue weighted by atomic mass is 10.2. The molecule has 0 spiro atoms. The van der Waals surface area contributed by atoms with Crippen LogP contribution in [0.3, 0.4) is 0 Å². The average molecular weight is 411 g/mol. The lowest BCUT2D eigenvalue weighted by molar-refractivity contribution is 0.102. The molecule has 0 fully saturated rings. The van der Waals surface area contributed by atoms with Crippen LogP contribution >= 0.6 is 0 Å². The average Bonchev–Trinajstić information content (AvgIpc) is 2.69. The van der Waals surface area contributed by atoms with Crippen molar-refractivity contribution in [1.82, 2.24) is 0 Å². The molecule has 0 aliphatic heterocycles. The normalized spacial score (nSPS) is 11.0. The molecule has 0 saturated heterocycles. The van der Waals surface area contributed by atoms with Crippen molar-refractivity contribution in [3.05, 3.63) is 83.9 Å². The second-order valence-corrected chi connectivity index (χ2v) is 7.81. The SMILES string of the molecule is CCOc1ccccc1OS(=O)(=O)c1cccc(C(=O)Nc2cccc(C)c2)c1. The van der Waals surface area contributed by atoms with Gasteiger partial charge in [0.25, 0.3) is 5.91 Å². The molecule has 7 heteroatoms. The fourth-order valence-electron chi connectivity index (χ4n) is 2.68. The Morgan fingerprint density at radius 2 is 1.66 bits per heavy atom. The third-order valence-corrected chi connectivity index (χ3v) is 5.24. The number of amides is 1. The van der Waals surface area contributed by atoms with Gasteiger partial charge in [0, 0.05) is 11.3 Å². The molecule has 0 aromatic heterocycles. The number of benzene rings is 3. The van der Waals surface area contributed by atoms with Gasteiger partial charge in [-0.05, 0) is 61.9 Å². The van der Waals surface area contributed by atoms with Gasteiger partial charge in [-0.25, -0.2) is 0 Å². The molecule has 0 radical (unpaired) electrons. The summed E-state index contributed by atoms with van der Waals surface area (Å²) in [7, 11) is -4.15. The van der Waals surface area contributed by atoms with Gasteiger partial charge in [-0.2, -0.15) is 8.42 Å². The zero-order chi connectivity index (χ0) is 20.9. The quantitative estimate of drug-likeness (QED) is 0.582. The summed E-state index contributed by atoms with van der Waals surface area (Å²) in [5, 5.41) is 2.76. The Hall–Kier alpha value is -3.32. The molecule has 29 heavy (non-hydrogen) atoms. The van der Waals surface area contributed by atoms with E-state index in [1.165, 1.54) is 30.3 Å². The summed E-state index contributed by atoms with van der Waals surface area (Å²) in [6.45, 7) is 4.08. The van der Waals surface area contributed by atoms with Gasteiger partial charge in [0.2, 0.25) is 0 Å². The number of rotatable bonds is 7. The summed E-state index contributed by atoms with van der Waals surface area (Å²) in [5.74, 6) is -0.00162. The molecular weight excluding hydrogens is 390 g/mol. The maximum atomic E-state index is 12.7. The molecule has 0 atom stereocenters. The van der Waals surface area contributed by atoms with Crippen molar-refractivity contribution in [3.63, 3.8) is 0 Å². The van der Waals surface area contributed by atoms with Gasteiger partial charge in [0.1, 0.15) is 4.90 Å². The van der Waals surface area contributed by atoms with Crippen molar-refractivity contribution < 1.29 is 22.1 Å². The minimum Gasteiger partial charge on any atom is -0.490 e. The molecule has 0 saturated carbocycles. The fourth-order valence-corrected chi connectivity index (χ4v) is 3.67. The highest BCUT2D eigenvalue weighted by Crippen LogP contribution is 2.29. The topological polar surface area (TPSA) is 81.7 Å². The Morgan fingerprint density at radius 3 is 2.38 bits per heavy atom. The van der Waals surface area contributed by atoms with Gasteiger partial charge in [-0.1, -0.05) is 30.3 Å². The second-order valence-electron chi connectivity index (χ2n) is 6.27. The van der Waals surface area contributed by atoms with E-state index in [1.54, 1.807) is 31.2 Å². The third-order valence-electron chi connectivity index (χ3n) is 4.01. The van der Waals surface area contributed by atoms with Gasteiger partial charge >= 0.3 is 10.1 Å². The van der Waals surface area contributed by atoms with Crippen LogP contribution in [0.25, 0.3) is 0 Å². The minimum atomic E-state index is -4.15. The van der Waals surface area contributed by atoms with Crippen molar-refractivity contribution in [2.24, 2.45) is 0 Å². The van der Waals surface area contributed by atoms with Gasteiger partial charge in [-0.15, -0.1) is 0 Å². The molecular formula is C22H21NO5S. The maximum absolute atomic E-state index is 12.7. The molecule has 3 rings (SSSR count). The molecule has 6 nitrogen and oxygen atoms in total. The summed E-state index contributed by atoms with van der Waals surface area (Å²) in [5.41, 5.74) is 1.83. The van der Waals surface area contributed by atoms with E-state index < -0.39 is 16.0 Å². The van der Waals surface area contributed by atoms with Crippen LogP contribution in [-0.2, 0) is 10.1 Å². The predicted molar refractivity (Wildman–Crippen MR) is 111 cm³/mol. The van der Waals surface area contributed by atoms with Crippen molar-refractivity contribution >= 4 is 21.7 Å². The first-order valence-electron chi connectivity index (χ1n) is 9.03. The molecule has 0 aliphatic carbocycles. The second kappa shape index (κ2) is 8.79. The van der Waals surface area contributed by atoms with E-state index >= 15 is 0 Å². The molecule has 0 aliphatic rings. The highest BCUT2D eigenvalue weighted by atomic mass is 32.2. The van der Waals surface area contributed by atoms with E-state index in [1.807, 2.05) is 25.1 Å². The van der Waals surface area contributed by atoms with Crippen LogP contribution in [0.2, 0.25) is 0 Å². The Balaban J connectivity index is 1.83. The van der Waals surface area contributed by atoms with Gasteiger partial charge in [0.05, 0.1) is 6.61 Å². The maximum Gasteiger partial charge on any atom is 0.339 e. The Kier molecular flexibility index (Phi) is 6.19. The standard InChI is InChI=1S/C22H21NO5S/c1-3-27-20-12-4-5-13-21(20)28-29(25,26)19-11-7-9-17(15-19)22(24)23-18-10-6-8-16(2)14-18/h4-15H,3H2,1-2H3,(H,23,24). The number of anilines is 1. The summed E-state index contributed by atoms with van der Waals surface area (Å²) in [6.07, 6.45) is 0. The molecule has 0 unspecified atom stereocenters. The number of hydrogen-bond acceptors (Lipinski definition) is 5. The van der Waals surface area contributed by atoms with Crippen LogP contribution in [0, 0.1) is 6.92 Å². The number of para-hydroxylation sites is 2. The molecule has 3 aromatic carbocycles. The number of ether oxygens (including phenoxy) is 1. The number of carbonyl (C=O) groups is 1. The van der Waals surface area contributed by atoms with Crippen molar-refractivity contribution in [2.45, 2.75) is 18.7 Å². The van der Waals surface area contributed by atoms with Crippen LogP contribution in [-0.4, -0.2) is 20.9 Å². The first-order chi connectivity index (χ1) is 13.9. The minimum absolute atomic E-state index is 0.0870. The third kappa shape index (κ3) is 5.14. The fraction of sp³-hybridized carbons (Fsp3) is 0.136. The molecule has 0 heterocycles. The van der Waals surface area contributed by atoms with E-state index in [0.717, 1.165) is 5.56 Å². The number of hydrogen-bond donors (Lipinski definition) is 1. The zero-order valence-electron chi connectivity index (χ0n) is 16.1. The van der Waals surface area contributed by atoms with Crippen LogP contribution in [0.4, 0.5) is 5.69 Å². The van der Waals surface area contributed by atoms with Crippen LogP contribution < -0.4 is 14.2 Å². The lowest BCUT2D eigenvalue weighted by Gasteiger charge is -2.12. The predicted octanol–water partition coefficient (Wildman–Crippen LogP) is 4.41. The van der Waals surface area contributed by atoms with Crippen molar-refractivity contribution in [3.8, 4) is 11.5 Å². The number of nitrogens with one attached hydrogen (secondary N) is 1. The monoisotopic (exact) mass is 411 g/mol. The smallest absolute Gasteiger partial charge is 0.339 e. The Morgan fingerprint density at radius 1 is 0.931 bits per heavy atom. The summed E-state index contributed by atoms with van der Waals surface area (Å²) in [6, 6.07) is 19.5. The van der Waals surface area contributed by atoms with Gasteiger partial charge < -0.3 is 14.2 Å². The summed E-state index contributed by atoms with van der Waals surface area (Å²) >= 11 is 0. The van der Waals surface area contributed by atoms with E-state index in [-0.39, 0.29) is 16.2 Å². The Bertz CT molecular complexity index is 1130. The summed E-state index contributed by atoms with van der Waals surface area (Å²) < 4.78 is 36.1. The molecule has 150 valence electrons. The lowest BCUT2D eigenvalue weighted by Crippen LogP contribution is -2.15. The molecule has 0 bridgehead atoms. The molecule has 1 N–H and O–H groups in total. The van der Waals surface area contributed by atoms with E-state index in [4.69, 9.17) is 8.92 Å². The van der Waals surface area contributed by atoms with Gasteiger partial charge in [-0.3, -0.25) is 4.79 Å². The van der Waals surface area contributed by atoms with E-state index in [0.29, 0.717) is 18.0 Å². The van der Waals surface area contributed by atoms with E-state index in [2.05, 4.69) is 5.32 Å². The van der Waals surface area contributed by atoms with E-state index in [9.17, 15) is 13.2 Å². The Labute approximate surface area is 170 Å². The highest BCUT2D eigenvalue weighted by molar-refractivity contribution is 7.87.